The van der Waals surface area contributed by atoms with Crippen molar-refractivity contribution in [2.75, 3.05) is 31.7 Å². The zero-order chi connectivity index (χ0) is 12.1. The molecule has 4 heteroatoms. The summed E-state index contributed by atoms with van der Waals surface area (Å²) in [4.78, 5) is 6.37. The number of halogens is 1. The first-order chi connectivity index (χ1) is 8.31. The summed E-state index contributed by atoms with van der Waals surface area (Å²) >= 11 is 5.93. The minimum Gasteiger partial charge on any atom is -0.381 e. The molecular weight excluding hydrogens is 236 g/mol. The Bertz CT molecular complexity index is 353. The number of aromatic nitrogens is 1. The van der Waals surface area contributed by atoms with Crippen molar-refractivity contribution in [3.8, 4) is 0 Å². The molecule has 0 aliphatic carbocycles. The number of hydrogen-bond acceptors (Lipinski definition) is 3. The summed E-state index contributed by atoms with van der Waals surface area (Å²) in [6.45, 7) is 2.82. The van der Waals surface area contributed by atoms with E-state index in [1.165, 1.54) is 18.5 Å². The average molecular weight is 255 g/mol. The maximum atomic E-state index is 5.93. The lowest BCUT2D eigenvalue weighted by Crippen LogP contribution is -2.31. The van der Waals surface area contributed by atoms with Crippen LogP contribution in [0.2, 0.25) is 0 Å². The Hall–Kier alpha value is -0.800. The third-order valence-corrected chi connectivity index (χ3v) is 3.51. The molecule has 3 nitrogen and oxygen atoms in total. The van der Waals surface area contributed by atoms with Gasteiger partial charge in [0, 0.05) is 43.8 Å². The highest BCUT2D eigenvalue weighted by Crippen LogP contribution is 2.22. The van der Waals surface area contributed by atoms with Crippen LogP contribution in [0.3, 0.4) is 0 Å². The average Bonchev–Trinajstić information content (AvgIpc) is 2.40. The van der Waals surface area contributed by atoms with Crippen molar-refractivity contribution in [1.82, 2.24) is 4.98 Å². The van der Waals surface area contributed by atoms with Gasteiger partial charge in [-0.3, -0.25) is 4.98 Å². The van der Waals surface area contributed by atoms with Crippen LogP contribution in [0.1, 0.15) is 18.4 Å². The molecule has 0 amide bonds. The molecule has 2 rings (SSSR count). The van der Waals surface area contributed by atoms with Crippen molar-refractivity contribution >= 4 is 17.3 Å². The van der Waals surface area contributed by atoms with Gasteiger partial charge in [0.2, 0.25) is 0 Å². The quantitative estimate of drug-likeness (QED) is 0.773. The first-order valence-electron chi connectivity index (χ1n) is 6.09. The SMILES string of the molecule is CN(CC1CCCOC1)c1ccncc1CCl. The van der Waals surface area contributed by atoms with E-state index in [-0.39, 0.29) is 0 Å². The molecule has 1 unspecified atom stereocenters. The molecule has 0 radical (unpaired) electrons. The number of rotatable bonds is 4. The standard InChI is InChI=1S/C13H19ClN2O/c1-16(9-11-3-2-6-17-10-11)13-4-5-15-8-12(13)7-14/h4-5,8,11H,2-3,6-7,9-10H2,1H3. The van der Waals surface area contributed by atoms with Crippen molar-refractivity contribution in [1.29, 1.82) is 0 Å². The third kappa shape index (κ3) is 3.33. The van der Waals surface area contributed by atoms with Gasteiger partial charge >= 0.3 is 0 Å². The van der Waals surface area contributed by atoms with Crippen LogP contribution in [0.15, 0.2) is 18.5 Å². The third-order valence-electron chi connectivity index (χ3n) is 3.22. The second-order valence-corrected chi connectivity index (χ2v) is 4.87. The van der Waals surface area contributed by atoms with E-state index in [2.05, 4.69) is 16.9 Å². The lowest BCUT2D eigenvalue weighted by Gasteiger charge is -2.29. The molecule has 94 valence electrons. The lowest BCUT2D eigenvalue weighted by atomic mass is 10.0. The number of anilines is 1. The van der Waals surface area contributed by atoms with Crippen LogP contribution >= 0.6 is 11.6 Å². The van der Waals surface area contributed by atoms with Crippen LogP contribution in [0.25, 0.3) is 0 Å². The van der Waals surface area contributed by atoms with Gasteiger partial charge in [0.15, 0.2) is 0 Å². The Morgan fingerprint density at radius 2 is 2.47 bits per heavy atom. The molecule has 17 heavy (non-hydrogen) atoms. The minimum absolute atomic E-state index is 0.509. The van der Waals surface area contributed by atoms with E-state index in [0.717, 1.165) is 25.3 Å². The maximum Gasteiger partial charge on any atom is 0.0511 e. The fourth-order valence-corrected chi connectivity index (χ4v) is 2.54. The molecule has 1 fully saturated rings. The maximum absolute atomic E-state index is 5.93. The van der Waals surface area contributed by atoms with Gasteiger partial charge in [-0.1, -0.05) is 0 Å². The van der Waals surface area contributed by atoms with E-state index in [1.54, 1.807) is 0 Å². The second kappa shape index (κ2) is 6.22. The topological polar surface area (TPSA) is 25.4 Å². The van der Waals surface area contributed by atoms with Crippen molar-refractivity contribution in [2.45, 2.75) is 18.7 Å². The Kier molecular flexibility index (Phi) is 4.63. The molecule has 1 atom stereocenters. The van der Waals surface area contributed by atoms with Gasteiger partial charge in [0.05, 0.1) is 12.5 Å². The fraction of sp³-hybridized carbons (Fsp3) is 0.615. The first kappa shape index (κ1) is 12.7. The summed E-state index contributed by atoms with van der Waals surface area (Å²) in [6, 6.07) is 2.03. The molecule has 0 saturated carbocycles. The van der Waals surface area contributed by atoms with Gasteiger partial charge in [-0.2, -0.15) is 0 Å². The van der Waals surface area contributed by atoms with E-state index in [9.17, 15) is 0 Å². The zero-order valence-electron chi connectivity index (χ0n) is 10.2. The molecule has 0 spiro atoms. The molecule has 1 aliphatic heterocycles. The largest absolute Gasteiger partial charge is 0.381 e. The van der Waals surface area contributed by atoms with Crippen LogP contribution in [0.4, 0.5) is 5.69 Å². The summed E-state index contributed by atoms with van der Waals surface area (Å²) in [5.74, 6) is 1.14. The van der Waals surface area contributed by atoms with E-state index >= 15 is 0 Å². The normalized spacial score (nSPS) is 20.2. The van der Waals surface area contributed by atoms with Crippen LogP contribution in [0.5, 0.6) is 0 Å². The van der Waals surface area contributed by atoms with Gasteiger partial charge in [0.25, 0.3) is 0 Å². The van der Waals surface area contributed by atoms with Gasteiger partial charge in [-0.15, -0.1) is 11.6 Å². The smallest absolute Gasteiger partial charge is 0.0511 e. The molecule has 0 bridgehead atoms. The number of hydrogen-bond donors (Lipinski definition) is 0. The van der Waals surface area contributed by atoms with Crippen molar-refractivity contribution in [3.63, 3.8) is 0 Å². The molecule has 0 aromatic carbocycles. The van der Waals surface area contributed by atoms with Crippen molar-refractivity contribution in [3.05, 3.63) is 24.0 Å². The van der Waals surface area contributed by atoms with Gasteiger partial charge < -0.3 is 9.64 Å². The van der Waals surface area contributed by atoms with Crippen molar-refractivity contribution < 1.29 is 4.74 Å². The summed E-state index contributed by atoms with van der Waals surface area (Å²) in [5, 5.41) is 0. The number of nitrogens with zero attached hydrogens (tertiary/aromatic N) is 2. The molecule has 2 heterocycles. The van der Waals surface area contributed by atoms with Gasteiger partial charge in [-0.25, -0.2) is 0 Å². The van der Waals surface area contributed by atoms with Crippen LogP contribution in [-0.4, -0.2) is 31.8 Å². The predicted octanol–water partition coefficient (Wildman–Crippen LogP) is 2.68. The van der Waals surface area contributed by atoms with Crippen LogP contribution < -0.4 is 4.90 Å². The predicted molar refractivity (Wildman–Crippen MR) is 70.6 cm³/mol. The van der Waals surface area contributed by atoms with E-state index < -0.39 is 0 Å². The van der Waals surface area contributed by atoms with E-state index in [0.29, 0.717) is 11.8 Å². The van der Waals surface area contributed by atoms with Crippen LogP contribution in [-0.2, 0) is 10.6 Å². The van der Waals surface area contributed by atoms with E-state index in [1.807, 2.05) is 18.5 Å². The number of alkyl halides is 1. The van der Waals surface area contributed by atoms with Gasteiger partial charge in [0.1, 0.15) is 0 Å². The fourth-order valence-electron chi connectivity index (χ4n) is 2.33. The monoisotopic (exact) mass is 254 g/mol. The number of ether oxygens (including phenoxy) is 1. The Morgan fingerprint density at radius 1 is 1.59 bits per heavy atom. The molecule has 1 saturated heterocycles. The van der Waals surface area contributed by atoms with E-state index in [4.69, 9.17) is 16.3 Å². The minimum atomic E-state index is 0.509. The summed E-state index contributed by atoms with van der Waals surface area (Å²) < 4.78 is 5.51. The summed E-state index contributed by atoms with van der Waals surface area (Å²) in [7, 11) is 2.11. The van der Waals surface area contributed by atoms with Crippen molar-refractivity contribution in [2.24, 2.45) is 5.92 Å². The van der Waals surface area contributed by atoms with Gasteiger partial charge in [-0.05, 0) is 24.8 Å². The number of pyridine rings is 1. The molecule has 1 aromatic rings. The summed E-state index contributed by atoms with van der Waals surface area (Å²) in [6.07, 6.45) is 6.10. The zero-order valence-corrected chi connectivity index (χ0v) is 11.0. The Morgan fingerprint density at radius 3 is 3.18 bits per heavy atom. The Labute approximate surface area is 108 Å². The second-order valence-electron chi connectivity index (χ2n) is 4.60. The first-order valence-corrected chi connectivity index (χ1v) is 6.62. The molecule has 1 aromatic heterocycles. The highest BCUT2D eigenvalue weighted by Gasteiger charge is 2.17. The molecule has 1 aliphatic rings. The molecular formula is C13H19ClN2O. The Balaban J connectivity index is 2.00. The summed E-state index contributed by atoms with van der Waals surface area (Å²) in [5.41, 5.74) is 2.27. The highest BCUT2D eigenvalue weighted by atomic mass is 35.5. The molecule has 0 N–H and O–H groups in total. The lowest BCUT2D eigenvalue weighted by molar-refractivity contribution is 0.0576. The van der Waals surface area contributed by atoms with Crippen LogP contribution in [0, 0.1) is 5.92 Å². The highest BCUT2D eigenvalue weighted by molar-refractivity contribution is 6.17.